The van der Waals surface area contributed by atoms with E-state index in [1.165, 1.54) is 0 Å². The van der Waals surface area contributed by atoms with E-state index in [2.05, 4.69) is 6.92 Å². The van der Waals surface area contributed by atoms with Gasteiger partial charge < -0.3 is 9.47 Å². The first-order valence-corrected chi connectivity index (χ1v) is 6.68. The minimum Gasteiger partial charge on any atom is -0.461 e. The average molecular weight is 254 g/mol. The number of cyclic esters (lactones) is 1. The molecule has 1 saturated heterocycles. The van der Waals surface area contributed by atoms with E-state index in [0.717, 1.165) is 12.8 Å². The summed E-state index contributed by atoms with van der Waals surface area (Å²) in [6.07, 6.45) is 1.73. The highest BCUT2D eigenvalue weighted by Crippen LogP contribution is 2.45. The van der Waals surface area contributed by atoms with Gasteiger partial charge in [0.15, 0.2) is 0 Å². The minimum atomic E-state index is -0.511. The third kappa shape index (κ3) is 2.38. The molecule has 0 bridgehead atoms. The van der Waals surface area contributed by atoms with Crippen molar-refractivity contribution in [2.45, 2.75) is 46.6 Å². The number of fused-ring (bicyclic) bond motifs is 1. The minimum absolute atomic E-state index is 0.0262. The molecule has 0 radical (unpaired) electrons. The first-order chi connectivity index (χ1) is 8.30. The molecule has 0 amide bonds. The third-order valence-electron chi connectivity index (χ3n) is 4.05. The van der Waals surface area contributed by atoms with Crippen LogP contribution in [0.2, 0.25) is 0 Å². The molecule has 18 heavy (non-hydrogen) atoms. The van der Waals surface area contributed by atoms with Gasteiger partial charge in [0.1, 0.15) is 12.7 Å². The van der Waals surface area contributed by atoms with Gasteiger partial charge in [0.05, 0.1) is 11.3 Å². The topological polar surface area (TPSA) is 52.6 Å². The molecule has 1 saturated carbocycles. The summed E-state index contributed by atoms with van der Waals surface area (Å²) >= 11 is 0. The summed E-state index contributed by atoms with van der Waals surface area (Å²) in [5, 5.41) is 0. The summed E-state index contributed by atoms with van der Waals surface area (Å²) < 4.78 is 10.6. The number of hydrogen-bond donors (Lipinski definition) is 0. The van der Waals surface area contributed by atoms with Gasteiger partial charge in [-0.2, -0.15) is 0 Å². The Hall–Kier alpha value is -1.06. The number of hydrogen-bond acceptors (Lipinski definition) is 4. The molecule has 4 heteroatoms. The second-order valence-corrected chi connectivity index (χ2v) is 6.56. The van der Waals surface area contributed by atoms with Crippen molar-refractivity contribution in [2.75, 3.05) is 6.61 Å². The van der Waals surface area contributed by atoms with E-state index in [9.17, 15) is 9.59 Å². The maximum Gasteiger partial charge on any atom is 0.311 e. The summed E-state index contributed by atoms with van der Waals surface area (Å²) in [6, 6.07) is 0. The van der Waals surface area contributed by atoms with Crippen LogP contribution in [0.5, 0.6) is 0 Å². The molecular weight excluding hydrogens is 232 g/mol. The van der Waals surface area contributed by atoms with E-state index in [1.807, 2.05) is 20.8 Å². The summed E-state index contributed by atoms with van der Waals surface area (Å²) in [5.41, 5.74) is -0.511. The van der Waals surface area contributed by atoms with Gasteiger partial charge >= 0.3 is 11.9 Å². The Bertz CT molecular complexity index is 355. The predicted molar refractivity (Wildman–Crippen MR) is 65.7 cm³/mol. The van der Waals surface area contributed by atoms with Crippen LogP contribution in [0.3, 0.4) is 0 Å². The number of esters is 2. The van der Waals surface area contributed by atoms with Crippen molar-refractivity contribution in [1.82, 2.24) is 0 Å². The van der Waals surface area contributed by atoms with Gasteiger partial charge in [-0.15, -0.1) is 0 Å². The first kappa shape index (κ1) is 13.4. The van der Waals surface area contributed by atoms with Crippen LogP contribution in [0, 0.1) is 23.2 Å². The van der Waals surface area contributed by atoms with Crippen LogP contribution in [0.4, 0.5) is 0 Å². The van der Waals surface area contributed by atoms with Gasteiger partial charge in [0.2, 0.25) is 0 Å². The molecule has 0 spiro atoms. The van der Waals surface area contributed by atoms with E-state index in [0.29, 0.717) is 5.92 Å². The molecule has 1 aliphatic carbocycles. The molecule has 0 N–H and O–H groups in total. The Labute approximate surface area is 108 Å². The first-order valence-electron chi connectivity index (χ1n) is 6.68. The van der Waals surface area contributed by atoms with Crippen molar-refractivity contribution in [1.29, 1.82) is 0 Å². The molecule has 0 aromatic carbocycles. The van der Waals surface area contributed by atoms with Crippen LogP contribution in [0.15, 0.2) is 0 Å². The molecule has 2 fully saturated rings. The molecule has 0 aromatic heterocycles. The van der Waals surface area contributed by atoms with E-state index in [4.69, 9.17) is 9.47 Å². The maximum absolute atomic E-state index is 11.7. The van der Waals surface area contributed by atoms with Crippen LogP contribution < -0.4 is 0 Å². The number of ether oxygens (including phenoxy) is 2. The number of carbonyl (C=O) groups excluding carboxylic acids is 2. The molecule has 3 unspecified atom stereocenters. The quantitative estimate of drug-likeness (QED) is 0.709. The van der Waals surface area contributed by atoms with Gasteiger partial charge in [0, 0.05) is 5.92 Å². The molecule has 1 heterocycles. The molecular formula is C14H22O4. The number of rotatable bonds is 2. The van der Waals surface area contributed by atoms with Gasteiger partial charge in [0.25, 0.3) is 0 Å². The van der Waals surface area contributed by atoms with Crippen LogP contribution in [-0.4, -0.2) is 24.6 Å². The lowest BCUT2D eigenvalue weighted by molar-refractivity contribution is -0.161. The Morgan fingerprint density at radius 2 is 2.06 bits per heavy atom. The summed E-state index contributed by atoms with van der Waals surface area (Å²) in [4.78, 5) is 23.4. The SMILES string of the molecule is C[C@H]1CCC2C(=O)OC(COC(=O)C(C)(C)C)C21. The van der Waals surface area contributed by atoms with E-state index in [-0.39, 0.29) is 36.5 Å². The Kier molecular flexibility index (Phi) is 3.39. The normalized spacial score (nSPS) is 35.2. The second kappa shape index (κ2) is 4.56. The van der Waals surface area contributed by atoms with Gasteiger partial charge in [-0.1, -0.05) is 6.92 Å². The summed E-state index contributed by atoms with van der Waals surface area (Å²) in [5.74, 6) is 0.372. The van der Waals surface area contributed by atoms with Crippen molar-refractivity contribution in [3.8, 4) is 0 Å². The fourth-order valence-corrected chi connectivity index (χ4v) is 2.96. The predicted octanol–water partition coefficient (Wildman–Crippen LogP) is 2.16. The van der Waals surface area contributed by atoms with Gasteiger partial charge in [-0.3, -0.25) is 9.59 Å². The van der Waals surface area contributed by atoms with Crippen molar-refractivity contribution in [3.63, 3.8) is 0 Å². The van der Waals surface area contributed by atoms with Crippen LogP contribution in [0.25, 0.3) is 0 Å². The largest absolute Gasteiger partial charge is 0.461 e. The monoisotopic (exact) mass is 254 g/mol. The number of carbonyl (C=O) groups is 2. The van der Waals surface area contributed by atoms with Gasteiger partial charge in [-0.25, -0.2) is 0 Å². The highest BCUT2D eigenvalue weighted by Gasteiger charge is 2.51. The molecule has 4 nitrogen and oxygen atoms in total. The molecule has 2 rings (SSSR count). The standard InChI is InChI=1S/C14H22O4/c1-8-5-6-9-11(8)10(18-12(9)15)7-17-13(16)14(2,3)4/h8-11H,5-7H2,1-4H3/t8-,9?,10?,11?/m0/s1. The zero-order valence-corrected chi connectivity index (χ0v) is 11.6. The maximum atomic E-state index is 11.7. The summed E-state index contributed by atoms with van der Waals surface area (Å²) in [6.45, 7) is 7.80. The fourth-order valence-electron chi connectivity index (χ4n) is 2.96. The average Bonchev–Trinajstić information content (AvgIpc) is 2.77. The zero-order chi connectivity index (χ0) is 13.5. The van der Waals surface area contributed by atoms with Crippen molar-refractivity contribution in [3.05, 3.63) is 0 Å². The Morgan fingerprint density at radius 3 is 2.67 bits per heavy atom. The summed E-state index contributed by atoms with van der Waals surface area (Å²) in [7, 11) is 0. The lowest BCUT2D eigenvalue weighted by atomic mass is 9.88. The van der Waals surface area contributed by atoms with Crippen molar-refractivity contribution < 1.29 is 19.1 Å². The van der Waals surface area contributed by atoms with Crippen molar-refractivity contribution in [2.24, 2.45) is 23.2 Å². The highest BCUT2D eigenvalue weighted by molar-refractivity contribution is 5.77. The zero-order valence-electron chi connectivity index (χ0n) is 11.6. The van der Waals surface area contributed by atoms with Crippen LogP contribution >= 0.6 is 0 Å². The molecule has 4 atom stereocenters. The lowest BCUT2D eigenvalue weighted by Crippen LogP contribution is -2.31. The van der Waals surface area contributed by atoms with Crippen LogP contribution in [0.1, 0.15) is 40.5 Å². The molecule has 102 valence electrons. The third-order valence-corrected chi connectivity index (χ3v) is 4.05. The van der Waals surface area contributed by atoms with Crippen molar-refractivity contribution >= 4 is 11.9 Å². The van der Waals surface area contributed by atoms with Crippen LogP contribution in [-0.2, 0) is 19.1 Å². The Balaban J connectivity index is 1.94. The fraction of sp³-hybridized carbons (Fsp3) is 0.857. The van der Waals surface area contributed by atoms with E-state index >= 15 is 0 Å². The second-order valence-electron chi connectivity index (χ2n) is 6.56. The molecule has 0 aromatic rings. The van der Waals surface area contributed by atoms with Gasteiger partial charge in [-0.05, 0) is 39.5 Å². The molecule has 1 aliphatic heterocycles. The highest BCUT2D eigenvalue weighted by atomic mass is 16.6. The molecule has 2 aliphatic rings. The smallest absolute Gasteiger partial charge is 0.311 e. The van der Waals surface area contributed by atoms with E-state index < -0.39 is 5.41 Å². The Morgan fingerprint density at radius 1 is 1.39 bits per heavy atom. The lowest BCUT2D eigenvalue weighted by Gasteiger charge is -2.22. The van der Waals surface area contributed by atoms with E-state index in [1.54, 1.807) is 0 Å².